The van der Waals surface area contributed by atoms with Gasteiger partial charge in [0.15, 0.2) is 0 Å². The molecule has 0 aromatic rings. The van der Waals surface area contributed by atoms with Crippen LogP contribution in [-0.4, -0.2) is 30.4 Å². The van der Waals surface area contributed by atoms with Gasteiger partial charge in [0.05, 0.1) is 0 Å². The first-order valence-corrected chi connectivity index (χ1v) is 6.13. The lowest BCUT2D eigenvalue weighted by Crippen LogP contribution is -2.32. The molecule has 1 unspecified atom stereocenters. The van der Waals surface area contributed by atoms with E-state index in [4.69, 9.17) is 5.73 Å². The number of nitrogens with two attached hydrogens (primary N) is 1. The van der Waals surface area contributed by atoms with Gasteiger partial charge in [0, 0.05) is 19.5 Å². The Kier molecular flexibility index (Phi) is 8.38. The Labute approximate surface area is 94.0 Å². The van der Waals surface area contributed by atoms with Gasteiger partial charge in [-0.05, 0) is 32.2 Å². The van der Waals surface area contributed by atoms with E-state index in [0.29, 0.717) is 18.9 Å². The summed E-state index contributed by atoms with van der Waals surface area (Å²) in [6.45, 7) is 8.69. The molecular formula is C12H26N2O. The summed E-state index contributed by atoms with van der Waals surface area (Å²) < 4.78 is 0. The average Bonchev–Trinajstić information content (AvgIpc) is 2.26. The number of nitrogens with zero attached hydrogens (tertiary/aromatic N) is 1. The lowest BCUT2D eigenvalue weighted by molar-refractivity contribution is -0.131. The van der Waals surface area contributed by atoms with Crippen LogP contribution in [0.4, 0.5) is 0 Å². The lowest BCUT2D eigenvalue weighted by atomic mass is 10.1. The summed E-state index contributed by atoms with van der Waals surface area (Å²) in [6.07, 6.45) is 3.81. The lowest BCUT2D eigenvalue weighted by Gasteiger charge is -2.21. The predicted molar refractivity (Wildman–Crippen MR) is 64.6 cm³/mol. The fraction of sp³-hybridized carbons (Fsp3) is 0.917. The Hall–Kier alpha value is -0.570. The van der Waals surface area contributed by atoms with Gasteiger partial charge in [-0.25, -0.2) is 0 Å². The van der Waals surface area contributed by atoms with E-state index < -0.39 is 0 Å². The number of unbranched alkanes of at least 4 members (excludes halogenated alkanes) is 1. The number of hydrogen-bond donors (Lipinski definition) is 1. The van der Waals surface area contributed by atoms with Crippen molar-refractivity contribution in [3.8, 4) is 0 Å². The molecule has 1 atom stereocenters. The van der Waals surface area contributed by atoms with Crippen LogP contribution in [0.5, 0.6) is 0 Å². The van der Waals surface area contributed by atoms with Crippen LogP contribution in [0.2, 0.25) is 0 Å². The van der Waals surface area contributed by atoms with Crippen LogP contribution in [0.25, 0.3) is 0 Å². The molecule has 0 aliphatic heterocycles. The van der Waals surface area contributed by atoms with Gasteiger partial charge in [-0.2, -0.15) is 0 Å². The van der Waals surface area contributed by atoms with Crippen molar-refractivity contribution in [1.82, 2.24) is 4.90 Å². The molecule has 3 nitrogen and oxygen atoms in total. The molecule has 0 spiro atoms. The molecule has 15 heavy (non-hydrogen) atoms. The minimum absolute atomic E-state index is 0.284. The van der Waals surface area contributed by atoms with Gasteiger partial charge in [0.2, 0.25) is 5.91 Å². The summed E-state index contributed by atoms with van der Waals surface area (Å²) in [7, 11) is 0. The molecule has 0 saturated heterocycles. The first-order chi connectivity index (χ1) is 7.15. The minimum Gasteiger partial charge on any atom is -0.343 e. The molecule has 0 saturated carbocycles. The largest absolute Gasteiger partial charge is 0.343 e. The van der Waals surface area contributed by atoms with E-state index in [1.807, 2.05) is 11.8 Å². The highest BCUT2D eigenvalue weighted by atomic mass is 16.2. The summed E-state index contributed by atoms with van der Waals surface area (Å²) in [5.74, 6) is 0.741. The van der Waals surface area contributed by atoms with E-state index in [9.17, 15) is 4.79 Å². The van der Waals surface area contributed by atoms with Crippen molar-refractivity contribution in [1.29, 1.82) is 0 Å². The van der Waals surface area contributed by atoms with Crippen molar-refractivity contribution in [3.63, 3.8) is 0 Å². The SMILES string of the molecule is CCCCN(CC)C(=O)CCC(C)CN. The Morgan fingerprint density at radius 3 is 2.53 bits per heavy atom. The Morgan fingerprint density at radius 1 is 1.40 bits per heavy atom. The normalized spacial score (nSPS) is 12.5. The topological polar surface area (TPSA) is 46.3 Å². The van der Waals surface area contributed by atoms with Crippen LogP contribution in [0.1, 0.15) is 46.5 Å². The van der Waals surface area contributed by atoms with Gasteiger partial charge in [-0.15, -0.1) is 0 Å². The molecule has 90 valence electrons. The molecule has 0 bridgehead atoms. The molecule has 0 aromatic heterocycles. The highest BCUT2D eigenvalue weighted by Gasteiger charge is 2.11. The molecule has 2 N–H and O–H groups in total. The number of carbonyl (C=O) groups excluding carboxylic acids is 1. The van der Waals surface area contributed by atoms with E-state index in [0.717, 1.165) is 32.4 Å². The molecule has 0 heterocycles. The molecule has 0 fully saturated rings. The van der Waals surface area contributed by atoms with Crippen molar-refractivity contribution >= 4 is 5.91 Å². The van der Waals surface area contributed by atoms with Crippen LogP contribution < -0.4 is 5.73 Å². The van der Waals surface area contributed by atoms with Crippen LogP contribution in [0.15, 0.2) is 0 Å². The quantitative estimate of drug-likeness (QED) is 0.672. The van der Waals surface area contributed by atoms with E-state index >= 15 is 0 Å². The standard InChI is InChI=1S/C12H26N2O/c1-4-6-9-14(5-2)12(15)8-7-11(3)10-13/h11H,4-10,13H2,1-3H3. The second kappa shape index (κ2) is 8.72. The van der Waals surface area contributed by atoms with Gasteiger partial charge in [0.1, 0.15) is 0 Å². The average molecular weight is 214 g/mol. The smallest absolute Gasteiger partial charge is 0.222 e. The summed E-state index contributed by atoms with van der Waals surface area (Å²) in [5, 5.41) is 0. The van der Waals surface area contributed by atoms with Crippen LogP contribution in [0, 0.1) is 5.92 Å². The molecule has 0 radical (unpaired) electrons. The van der Waals surface area contributed by atoms with Gasteiger partial charge >= 0.3 is 0 Å². The van der Waals surface area contributed by atoms with Gasteiger partial charge in [0.25, 0.3) is 0 Å². The fourth-order valence-corrected chi connectivity index (χ4v) is 1.45. The Balaban J connectivity index is 3.82. The van der Waals surface area contributed by atoms with Crippen molar-refractivity contribution in [2.75, 3.05) is 19.6 Å². The zero-order valence-electron chi connectivity index (χ0n) is 10.5. The minimum atomic E-state index is 0.284. The predicted octanol–water partition coefficient (Wildman–Crippen LogP) is 2.01. The summed E-state index contributed by atoms with van der Waals surface area (Å²) in [5.41, 5.74) is 5.52. The van der Waals surface area contributed by atoms with Crippen LogP contribution in [-0.2, 0) is 4.79 Å². The summed E-state index contributed by atoms with van der Waals surface area (Å²) >= 11 is 0. The van der Waals surface area contributed by atoms with Gasteiger partial charge < -0.3 is 10.6 Å². The Bertz CT molecular complexity index is 171. The van der Waals surface area contributed by atoms with Crippen LogP contribution in [0.3, 0.4) is 0 Å². The summed E-state index contributed by atoms with van der Waals surface area (Å²) in [6, 6.07) is 0. The van der Waals surface area contributed by atoms with Crippen molar-refractivity contribution in [2.45, 2.75) is 46.5 Å². The second-order valence-electron chi connectivity index (χ2n) is 4.21. The second-order valence-corrected chi connectivity index (χ2v) is 4.21. The fourth-order valence-electron chi connectivity index (χ4n) is 1.45. The molecule has 0 aliphatic carbocycles. The maximum Gasteiger partial charge on any atom is 0.222 e. The number of hydrogen-bond acceptors (Lipinski definition) is 2. The zero-order valence-corrected chi connectivity index (χ0v) is 10.5. The van der Waals surface area contributed by atoms with E-state index in [2.05, 4.69) is 13.8 Å². The number of carbonyl (C=O) groups is 1. The monoisotopic (exact) mass is 214 g/mol. The maximum absolute atomic E-state index is 11.8. The van der Waals surface area contributed by atoms with Crippen LogP contribution >= 0.6 is 0 Å². The third kappa shape index (κ3) is 6.50. The van der Waals surface area contributed by atoms with E-state index in [-0.39, 0.29) is 5.91 Å². The molecule has 3 heteroatoms. The first-order valence-electron chi connectivity index (χ1n) is 6.13. The van der Waals surface area contributed by atoms with Gasteiger partial charge in [-0.3, -0.25) is 4.79 Å². The first kappa shape index (κ1) is 14.4. The van der Waals surface area contributed by atoms with Crippen molar-refractivity contribution in [3.05, 3.63) is 0 Å². The molecule has 0 rings (SSSR count). The molecular weight excluding hydrogens is 188 g/mol. The third-order valence-electron chi connectivity index (χ3n) is 2.77. The highest BCUT2D eigenvalue weighted by Crippen LogP contribution is 2.07. The van der Waals surface area contributed by atoms with E-state index in [1.54, 1.807) is 0 Å². The molecule has 0 aliphatic rings. The van der Waals surface area contributed by atoms with Crippen molar-refractivity contribution < 1.29 is 4.79 Å². The van der Waals surface area contributed by atoms with Gasteiger partial charge in [-0.1, -0.05) is 20.3 Å². The maximum atomic E-state index is 11.8. The molecule has 1 amide bonds. The molecule has 0 aromatic carbocycles. The van der Waals surface area contributed by atoms with E-state index in [1.165, 1.54) is 0 Å². The summed E-state index contributed by atoms with van der Waals surface area (Å²) in [4.78, 5) is 13.7. The Morgan fingerprint density at radius 2 is 2.07 bits per heavy atom. The number of amides is 1. The number of rotatable bonds is 8. The third-order valence-corrected chi connectivity index (χ3v) is 2.77. The highest BCUT2D eigenvalue weighted by molar-refractivity contribution is 5.76. The van der Waals surface area contributed by atoms with Crippen molar-refractivity contribution in [2.24, 2.45) is 11.7 Å². The zero-order chi connectivity index (χ0) is 11.7.